The Kier molecular flexibility index (Phi) is 6.78. The predicted octanol–water partition coefficient (Wildman–Crippen LogP) is 3.41. The molecule has 0 aliphatic carbocycles. The van der Waals surface area contributed by atoms with Crippen molar-refractivity contribution in [2.45, 2.75) is 38.1 Å². The van der Waals surface area contributed by atoms with Gasteiger partial charge < -0.3 is 4.74 Å². The molecule has 3 heterocycles. The molecular formula is C24H29ClN6O. The van der Waals surface area contributed by atoms with Gasteiger partial charge in [0.15, 0.2) is 5.82 Å². The predicted molar refractivity (Wildman–Crippen MR) is 123 cm³/mol. The van der Waals surface area contributed by atoms with E-state index in [4.69, 9.17) is 16.3 Å². The summed E-state index contributed by atoms with van der Waals surface area (Å²) < 4.78 is 7.76. The number of piperazine rings is 1. The van der Waals surface area contributed by atoms with Crippen molar-refractivity contribution in [1.29, 1.82) is 0 Å². The van der Waals surface area contributed by atoms with Crippen LogP contribution in [0.5, 0.6) is 0 Å². The Balaban J connectivity index is 1.36. The van der Waals surface area contributed by atoms with Crippen LogP contribution in [-0.4, -0.2) is 68.9 Å². The highest BCUT2D eigenvalue weighted by Gasteiger charge is 2.32. The molecule has 168 valence electrons. The SMILES string of the molecule is Clc1ccccc1[C@@H](c1nnnn1C[C@H]1CCCO1)N1CCN(Cc2ccccc2)CC1. The van der Waals surface area contributed by atoms with Crippen molar-refractivity contribution < 1.29 is 4.74 Å². The first-order valence-electron chi connectivity index (χ1n) is 11.4. The average molecular weight is 453 g/mol. The van der Waals surface area contributed by atoms with E-state index < -0.39 is 0 Å². The Morgan fingerprint density at radius 3 is 2.53 bits per heavy atom. The lowest BCUT2D eigenvalue weighted by Crippen LogP contribution is -2.48. The van der Waals surface area contributed by atoms with Gasteiger partial charge in [-0.25, -0.2) is 4.68 Å². The molecule has 8 heteroatoms. The van der Waals surface area contributed by atoms with Crippen molar-refractivity contribution in [2.75, 3.05) is 32.8 Å². The Bertz CT molecular complexity index is 998. The summed E-state index contributed by atoms with van der Waals surface area (Å²) >= 11 is 6.67. The van der Waals surface area contributed by atoms with Crippen LogP contribution in [0.4, 0.5) is 0 Å². The number of ether oxygens (including phenoxy) is 1. The number of rotatable bonds is 7. The summed E-state index contributed by atoms with van der Waals surface area (Å²) in [5, 5.41) is 13.6. The maximum Gasteiger partial charge on any atom is 0.173 e. The molecule has 1 aromatic heterocycles. The van der Waals surface area contributed by atoms with E-state index in [0.717, 1.165) is 68.6 Å². The minimum Gasteiger partial charge on any atom is -0.376 e. The molecular weight excluding hydrogens is 424 g/mol. The van der Waals surface area contributed by atoms with Gasteiger partial charge in [-0.15, -0.1) is 5.10 Å². The highest BCUT2D eigenvalue weighted by Crippen LogP contribution is 2.33. The number of hydrogen-bond acceptors (Lipinski definition) is 6. The van der Waals surface area contributed by atoms with E-state index >= 15 is 0 Å². The molecule has 2 saturated heterocycles. The van der Waals surface area contributed by atoms with E-state index in [1.54, 1.807) is 0 Å². The molecule has 0 spiro atoms. The van der Waals surface area contributed by atoms with E-state index in [9.17, 15) is 0 Å². The molecule has 2 aliphatic rings. The van der Waals surface area contributed by atoms with Crippen LogP contribution in [0.15, 0.2) is 54.6 Å². The van der Waals surface area contributed by atoms with Gasteiger partial charge in [-0.05, 0) is 40.5 Å². The van der Waals surface area contributed by atoms with Crippen molar-refractivity contribution >= 4 is 11.6 Å². The topological polar surface area (TPSA) is 59.3 Å². The zero-order chi connectivity index (χ0) is 21.8. The number of halogens is 1. The first kappa shape index (κ1) is 21.5. The molecule has 0 amide bonds. The monoisotopic (exact) mass is 452 g/mol. The molecule has 0 radical (unpaired) electrons. The molecule has 0 saturated carbocycles. The van der Waals surface area contributed by atoms with Crippen molar-refractivity contribution in [3.63, 3.8) is 0 Å². The molecule has 2 aliphatic heterocycles. The first-order valence-corrected chi connectivity index (χ1v) is 11.8. The standard InChI is InChI=1S/C24H29ClN6O/c25-22-11-5-4-10-21(22)23(24-26-27-28-31(24)18-20-9-6-16-32-20)30-14-12-29(13-15-30)17-19-7-2-1-3-8-19/h1-5,7-8,10-11,20,23H,6,9,12-18H2/t20-,23+/m1/s1. The van der Waals surface area contributed by atoms with Crippen molar-refractivity contribution in [1.82, 2.24) is 30.0 Å². The Labute approximate surface area is 193 Å². The van der Waals surface area contributed by atoms with Gasteiger partial charge in [0.05, 0.1) is 18.7 Å². The molecule has 2 aromatic carbocycles. The molecule has 7 nitrogen and oxygen atoms in total. The molecule has 0 unspecified atom stereocenters. The zero-order valence-electron chi connectivity index (χ0n) is 18.2. The van der Waals surface area contributed by atoms with Gasteiger partial charge in [-0.1, -0.05) is 60.1 Å². The van der Waals surface area contributed by atoms with Gasteiger partial charge in [0.2, 0.25) is 0 Å². The number of tetrazole rings is 1. The zero-order valence-corrected chi connectivity index (χ0v) is 18.9. The summed E-state index contributed by atoms with van der Waals surface area (Å²) in [4.78, 5) is 4.96. The van der Waals surface area contributed by atoms with Crippen LogP contribution >= 0.6 is 11.6 Å². The largest absolute Gasteiger partial charge is 0.376 e. The average Bonchev–Trinajstić information content (AvgIpc) is 3.50. The van der Waals surface area contributed by atoms with Gasteiger partial charge in [0.1, 0.15) is 0 Å². The Hall–Kier alpha value is -2.32. The summed E-state index contributed by atoms with van der Waals surface area (Å²) in [5.41, 5.74) is 2.40. The minimum atomic E-state index is -0.0843. The summed E-state index contributed by atoms with van der Waals surface area (Å²) in [6.45, 7) is 6.30. The highest BCUT2D eigenvalue weighted by molar-refractivity contribution is 6.31. The lowest BCUT2D eigenvalue weighted by molar-refractivity contribution is 0.0842. The van der Waals surface area contributed by atoms with E-state index in [2.05, 4.69) is 61.7 Å². The maximum absolute atomic E-state index is 6.67. The third-order valence-electron chi connectivity index (χ3n) is 6.43. The third kappa shape index (κ3) is 4.86. The molecule has 2 atom stereocenters. The van der Waals surface area contributed by atoms with Crippen LogP contribution in [-0.2, 0) is 17.8 Å². The molecule has 3 aromatic rings. The van der Waals surface area contributed by atoms with Crippen LogP contribution < -0.4 is 0 Å². The van der Waals surface area contributed by atoms with E-state index in [-0.39, 0.29) is 12.1 Å². The molecule has 32 heavy (non-hydrogen) atoms. The molecule has 2 fully saturated rings. The molecule has 5 rings (SSSR count). The second-order valence-corrected chi connectivity index (χ2v) is 8.98. The van der Waals surface area contributed by atoms with Crippen LogP contribution in [0.1, 0.15) is 35.8 Å². The van der Waals surface area contributed by atoms with E-state index in [1.807, 2.05) is 22.9 Å². The number of aromatic nitrogens is 4. The van der Waals surface area contributed by atoms with Gasteiger partial charge in [-0.2, -0.15) is 0 Å². The normalized spacial score (nSPS) is 21.1. The summed E-state index contributed by atoms with van der Waals surface area (Å²) in [5.74, 6) is 0.838. The fourth-order valence-corrected chi connectivity index (χ4v) is 4.97. The number of nitrogens with zero attached hydrogens (tertiary/aromatic N) is 6. The van der Waals surface area contributed by atoms with Gasteiger partial charge in [-0.3, -0.25) is 9.80 Å². The van der Waals surface area contributed by atoms with E-state index in [1.165, 1.54) is 5.56 Å². The lowest BCUT2D eigenvalue weighted by atomic mass is 10.0. The van der Waals surface area contributed by atoms with Crippen LogP contribution in [0.25, 0.3) is 0 Å². The third-order valence-corrected chi connectivity index (χ3v) is 6.77. The van der Waals surface area contributed by atoms with Gasteiger partial charge in [0, 0.05) is 44.4 Å². The summed E-state index contributed by atoms with van der Waals surface area (Å²) in [7, 11) is 0. The van der Waals surface area contributed by atoms with Crippen molar-refractivity contribution in [2.24, 2.45) is 0 Å². The second-order valence-electron chi connectivity index (χ2n) is 8.58. The first-order chi connectivity index (χ1) is 15.8. The molecule has 0 bridgehead atoms. The highest BCUT2D eigenvalue weighted by atomic mass is 35.5. The summed E-state index contributed by atoms with van der Waals surface area (Å²) in [6, 6.07) is 18.6. The number of benzene rings is 2. The Morgan fingerprint density at radius 1 is 1.00 bits per heavy atom. The van der Waals surface area contributed by atoms with Crippen LogP contribution in [0, 0.1) is 0 Å². The van der Waals surface area contributed by atoms with Gasteiger partial charge >= 0.3 is 0 Å². The summed E-state index contributed by atoms with van der Waals surface area (Å²) in [6.07, 6.45) is 2.32. The van der Waals surface area contributed by atoms with Crippen molar-refractivity contribution in [3.8, 4) is 0 Å². The minimum absolute atomic E-state index is 0.0843. The lowest BCUT2D eigenvalue weighted by Gasteiger charge is -2.39. The van der Waals surface area contributed by atoms with Gasteiger partial charge in [0.25, 0.3) is 0 Å². The maximum atomic E-state index is 6.67. The smallest absolute Gasteiger partial charge is 0.173 e. The van der Waals surface area contributed by atoms with Crippen molar-refractivity contribution in [3.05, 3.63) is 76.6 Å². The fraction of sp³-hybridized carbons (Fsp3) is 0.458. The van der Waals surface area contributed by atoms with Crippen LogP contribution in [0.2, 0.25) is 5.02 Å². The number of hydrogen-bond donors (Lipinski definition) is 0. The second kappa shape index (κ2) is 10.1. The quantitative estimate of drug-likeness (QED) is 0.547. The van der Waals surface area contributed by atoms with E-state index in [0.29, 0.717) is 6.54 Å². The molecule has 0 N–H and O–H groups in total. The van der Waals surface area contributed by atoms with Crippen LogP contribution in [0.3, 0.4) is 0 Å². The fourth-order valence-electron chi connectivity index (χ4n) is 4.74. The Morgan fingerprint density at radius 2 is 1.78 bits per heavy atom.